The van der Waals surface area contributed by atoms with Gasteiger partial charge in [0.25, 0.3) is 0 Å². The van der Waals surface area contributed by atoms with Gasteiger partial charge in [-0.25, -0.2) is 0 Å². The highest BCUT2D eigenvalue weighted by Gasteiger charge is 2.44. The maximum atomic E-state index is 11.9. The van der Waals surface area contributed by atoms with Crippen LogP contribution in [0.4, 0.5) is 0 Å². The molecule has 1 unspecified atom stereocenters. The fraction of sp³-hybridized carbons (Fsp3) is 0.917. The van der Waals surface area contributed by atoms with Crippen LogP contribution in [-0.2, 0) is 9.53 Å². The zero-order chi connectivity index (χ0) is 11.4. The van der Waals surface area contributed by atoms with Gasteiger partial charge in [0.1, 0.15) is 5.54 Å². The number of thioether (sulfide) groups is 1. The molecule has 0 aromatic heterocycles. The second-order valence-corrected chi connectivity index (χ2v) is 5.96. The van der Waals surface area contributed by atoms with Gasteiger partial charge in [-0.3, -0.25) is 10.1 Å². The van der Waals surface area contributed by atoms with E-state index in [1.54, 1.807) is 0 Å². The van der Waals surface area contributed by atoms with Crippen LogP contribution in [0, 0.1) is 0 Å². The van der Waals surface area contributed by atoms with Crippen LogP contribution in [0.25, 0.3) is 0 Å². The van der Waals surface area contributed by atoms with E-state index in [1.807, 2.05) is 11.8 Å². The van der Waals surface area contributed by atoms with E-state index in [2.05, 4.69) is 5.32 Å². The largest absolute Gasteiger partial charge is 0.468 e. The highest BCUT2D eigenvalue weighted by atomic mass is 32.2. The zero-order valence-corrected chi connectivity index (χ0v) is 10.8. The van der Waals surface area contributed by atoms with E-state index in [-0.39, 0.29) is 11.5 Å². The molecule has 2 rings (SSSR count). The Hall–Kier alpha value is -0.220. The quantitative estimate of drug-likeness (QED) is 0.769. The Bertz CT molecular complexity index is 245. The first-order valence-electron chi connectivity index (χ1n) is 6.21. The second kappa shape index (κ2) is 5.41. The summed E-state index contributed by atoms with van der Waals surface area (Å²) in [6, 6.07) is 0.520. The number of rotatable bonds is 3. The molecule has 92 valence electrons. The molecule has 0 aromatic rings. The van der Waals surface area contributed by atoms with Crippen LogP contribution in [0.3, 0.4) is 0 Å². The monoisotopic (exact) mass is 243 g/mol. The third kappa shape index (κ3) is 2.54. The van der Waals surface area contributed by atoms with Gasteiger partial charge in [-0.05, 0) is 25.0 Å². The van der Waals surface area contributed by atoms with Crippen molar-refractivity contribution in [2.45, 2.75) is 50.1 Å². The van der Waals surface area contributed by atoms with Gasteiger partial charge in [0.15, 0.2) is 0 Å². The second-order valence-electron chi connectivity index (χ2n) is 4.86. The molecular weight excluding hydrogens is 222 g/mol. The molecule has 1 aliphatic heterocycles. The van der Waals surface area contributed by atoms with Gasteiger partial charge in [0.2, 0.25) is 0 Å². The fourth-order valence-corrected chi connectivity index (χ4v) is 4.06. The first-order chi connectivity index (χ1) is 7.77. The number of esters is 1. The van der Waals surface area contributed by atoms with Crippen LogP contribution in [0.2, 0.25) is 0 Å². The third-order valence-electron chi connectivity index (χ3n) is 3.68. The molecule has 2 aliphatic rings. The van der Waals surface area contributed by atoms with E-state index in [1.165, 1.54) is 39.2 Å². The number of methoxy groups -OCH3 is 1. The summed E-state index contributed by atoms with van der Waals surface area (Å²) in [5.74, 6) is 1.87. The molecule has 0 aromatic carbocycles. The van der Waals surface area contributed by atoms with Gasteiger partial charge < -0.3 is 4.74 Å². The lowest BCUT2D eigenvalue weighted by molar-refractivity contribution is -0.148. The number of hydrogen-bond acceptors (Lipinski definition) is 4. The van der Waals surface area contributed by atoms with E-state index < -0.39 is 0 Å². The molecule has 16 heavy (non-hydrogen) atoms. The number of nitrogens with one attached hydrogen (secondary N) is 1. The van der Waals surface area contributed by atoms with Crippen LogP contribution in [0.5, 0.6) is 0 Å². The Morgan fingerprint density at radius 3 is 2.69 bits per heavy atom. The molecule has 0 spiro atoms. The molecule has 1 heterocycles. The third-order valence-corrected chi connectivity index (χ3v) is 4.87. The van der Waals surface area contributed by atoms with Crippen molar-refractivity contribution in [3.63, 3.8) is 0 Å². The minimum absolute atomic E-state index is 0.0666. The van der Waals surface area contributed by atoms with Crippen molar-refractivity contribution in [3.8, 4) is 0 Å². The van der Waals surface area contributed by atoms with Crippen LogP contribution >= 0.6 is 11.8 Å². The molecule has 4 heteroatoms. The topological polar surface area (TPSA) is 38.3 Å². The van der Waals surface area contributed by atoms with Crippen LogP contribution < -0.4 is 5.32 Å². The van der Waals surface area contributed by atoms with Crippen molar-refractivity contribution in [3.05, 3.63) is 0 Å². The van der Waals surface area contributed by atoms with Crippen molar-refractivity contribution in [2.24, 2.45) is 0 Å². The molecule has 0 amide bonds. The molecule has 1 N–H and O–H groups in total. The van der Waals surface area contributed by atoms with Crippen molar-refractivity contribution < 1.29 is 9.53 Å². The summed E-state index contributed by atoms with van der Waals surface area (Å²) in [5.41, 5.74) is -0.387. The molecule has 0 bridgehead atoms. The Morgan fingerprint density at radius 1 is 1.38 bits per heavy atom. The van der Waals surface area contributed by atoms with E-state index in [0.29, 0.717) is 6.04 Å². The van der Waals surface area contributed by atoms with Crippen LogP contribution in [0.15, 0.2) is 0 Å². The number of carbonyl (C=O) groups excluding carboxylic acids is 1. The highest BCUT2D eigenvalue weighted by molar-refractivity contribution is 7.99. The Kier molecular flexibility index (Phi) is 4.14. The van der Waals surface area contributed by atoms with E-state index in [0.717, 1.165) is 17.9 Å². The first kappa shape index (κ1) is 12.2. The van der Waals surface area contributed by atoms with Gasteiger partial charge in [-0.15, -0.1) is 0 Å². The number of hydrogen-bond donors (Lipinski definition) is 1. The average Bonchev–Trinajstić information content (AvgIpc) is 2.79. The summed E-state index contributed by atoms with van der Waals surface area (Å²) in [4.78, 5) is 11.9. The summed E-state index contributed by atoms with van der Waals surface area (Å²) >= 11 is 1.85. The van der Waals surface area contributed by atoms with Crippen molar-refractivity contribution in [1.82, 2.24) is 5.32 Å². The lowest BCUT2D eigenvalue weighted by atomic mass is 9.91. The predicted octanol–water partition coefficient (Wildman–Crippen LogP) is 1.96. The van der Waals surface area contributed by atoms with Gasteiger partial charge >= 0.3 is 5.97 Å². The maximum absolute atomic E-state index is 11.9. The van der Waals surface area contributed by atoms with Crippen molar-refractivity contribution in [2.75, 3.05) is 18.6 Å². The molecule has 1 saturated carbocycles. The number of ether oxygens (including phenoxy) is 1. The van der Waals surface area contributed by atoms with Crippen molar-refractivity contribution in [1.29, 1.82) is 0 Å². The standard InChI is InChI=1S/C12H21NO2S/c1-15-11(14)12(7-8-16-9-12)13-10-5-3-2-4-6-10/h10,13H,2-9H2,1H3. The smallest absolute Gasteiger partial charge is 0.326 e. The Balaban J connectivity index is 1.98. The molecule has 2 fully saturated rings. The van der Waals surface area contributed by atoms with E-state index >= 15 is 0 Å². The lowest BCUT2D eigenvalue weighted by Crippen LogP contribution is -2.57. The lowest BCUT2D eigenvalue weighted by Gasteiger charge is -2.33. The molecule has 1 aliphatic carbocycles. The van der Waals surface area contributed by atoms with Gasteiger partial charge in [0.05, 0.1) is 7.11 Å². The summed E-state index contributed by atoms with van der Waals surface area (Å²) in [6.45, 7) is 0. The van der Waals surface area contributed by atoms with Gasteiger partial charge in [-0.1, -0.05) is 19.3 Å². The molecule has 1 atom stereocenters. The summed E-state index contributed by atoms with van der Waals surface area (Å²) in [7, 11) is 1.50. The number of carbonyl (C=O) groups is 1. The summed E-state index contributed by atoms with van der Waals surface area (Å²) in [6.07, 6.45) is 7.27. The van der Waals surface area contributed by atoms with Crippen LogP contribution in [0.1, 0.15) is 38.5 Å². The zero-order valence-electron chi connectivity index (χ0n) is 9.96. The maximum Gasteiger partial charge on any atom is 0.326 e. The molecule has 0 radical (unpaired) electrons. The molecule has 3 nitrogen and oxygen atoms in total. The minimum Gasteiger partial charge on any atom is -0.468 e. The highest BCUT2D eigenvalue weighted by Crippen LogP contribution is 2.31. The summed E-state index contributed by atoms with van der Waals surface area (Å²) < 4.78 is 4.96. The normalized spacial score (nSPS) is 31.6. The SMILES string of the molecule is COC(=O)C1(NC2CCCCC2)CCSC1. The van der Waals surface area contributed by atoms with Crippen molar-refractivity contribution >= 4 is 17.7 Å². The summed E-state index contributed by atoms with van der Waals surface area (Å²) in [5, 5.41) is 3.59. The van der Waals surface area contributed by atoms with E-state index in [9.17, 15) is 4.79 Å². The Morgan fingerprint density at radius 2 is 2.12 bits per heavy atom. The first-order valence-corrected chi connectivity index (χ1v) is 7.36. The van der Waals surface area contributed by atoms with Gasteiger partial charge in [0, 0.05) is 11.8 Å². The van der Waals surface area contributed by atoms with Gasteiger partial charge in [-0.2, -0.15) is 11.8 Å². The molecule has 1 saturated heterocycles. The fourth-order valence-electron chi connectivity index (χ4n) is 2.73. The Labute approximate surface area is 102 Å². The van der Waals surface area contributed by atoms with E-state index in [4.69, 9.17) is 4.74 Å². The van der Waals surface area contributed by atoms with Crippen LogP contribution in [-0.4, -0.2) is 36.2 Å². The molecular formula is C12H21NO2S. The average molecular weight is 243 g/mol. The minimum atomic E-state index is -0.387. The predicted molar refractivity (Wildman–Crippen MR) is 66.7 cm³/mol.